The lowest BCUT2D eigenvalue weighted by Crippen LogP contribution is -2.43. The zero-order valence-electron chi connectivity index (χ0n) is 38.9. The molecule has 1 aliphatic carbocycles. The summed E-state index contributed by atoms with van der Waals surface area (Å²) in [6, 6.07) is 0.640. The van der Waals surface area contributed by atoms with Crippen molar-refractivity contribution in [2.45, 2.75) is 239 Å². The van der Waals surface area contributed by atoms with Gasteiger partial charge in [-0.25, -0.2) is 0 Å². The molecule has 8 heteroatoms. The number of rotatable bonds is 44. The molecule has 1 rings (SSSR count). The molecule has 344 valence electrons. The lowest BCUT2D eigenvalue weighted by Gasteiger charge is -2.36. The highest BCUT2D eigenvalue weighted by molar-refractivity contribution is 5.69. The van der Waals surface area contributed by atoms with Gasteiger partial charge in [-0.15, -0.1) is 0 Å². The molecule has 0 saturated heterocycles. The van der Waals surface area contributed by atoms with E-state index in [2.05, 4.69) is 30.6 Å². The summed E-state index contributed by atoms with van der Waals surface area (Å²) in [5.74, 6) is 0.345. The highest BCUT2D eigenvalue weighted by Crippen LogP contribution is 2.24. The molecule has 0 unspecified atom stereocenters. The van der Waals surface area contributed by atoms with Crippen molar-refractivity contribution in [2.24, 2.45) is 5.92 Å². The Morgan fingerprint density at radius 3 is 1.64 bits per heavy atom. The van der Waals surface area contributed by atoms with Gasteiger partial charge in [0.15, 0.2) is 0 Å². The van der Waals surface area contributed by atoms with Crippen LogP contribution in [0.15, 0.2) is 0 Å². The summed E-state index contributed by atoms with van der Waals surface area (Å²) >= 11 is 0. The number of aliphatic hydroxyl groups is 1. The second kappa shape index (κ2) is 42.5. The Kier molecular flexibility index (Phi) is 40.1. The van der Waals surface area contributed by atoms with E-state index in [1.165, 1.54) is 154 Å². The molecule has 1 fully saturated rings. The fourth-order valence-corrected chi connectivity index (χ4v) is 8.68. The first-order valence-corrected chi connectivity index (χ1v) is 25.5. The van der Waals surface area contributed by atoms with Crippen LogP contribution in [0.2, 0.25) is 0 Å². The van der Waals surface area contributed by atoms with E-state index in [1.807, 2.05) is 0 Å². The molecule has 0 heterocycles. The lowest BCUT2D eigenvalue weighted by atomic mass is 9.91. The summed E-state index contributed by atoms with van der Waals surface area (Å²) in [6.45, 7) is 13.1. The van der Waals surface area contributed by atoms with Gasteiger partial charge in [-0.3, -0.25) is 19.4 Å². The summed E-state index contributed by atoms with van der Waals surface area (Å²) in [5, 5.41) is 9.82. The van der Waals surface area contributed by atoms with Gasteiger partial charge in [0.2, 0.25) is 0 Å². The molecular formula is C50H98N2O6. The number of nitrogens with zero attached hydrogens (tertiary/aromatic N) is 2. The Hall–Kier alpha value is -1.22. The Morgan fingerprint density at radius 2 is 1.05 bits per heavy atom. The number of esters is 2. The Morgan fingerprint density at radius 1 is 0.517 bits per heavy atom. The average Bonchev–Trinajstić information content (AvgIpc) is 3.23. The van der Waals surface area contributed by atoms with Crippen molar-refractivity contribution in [2.75, 3.05) is 65.8 Å². The highest BCUT2D eigenvalue weighted by Gasteiger charge is 2.21. The molecule has 0 amide bonds. The van der Waals surface area contributed by atoms with E-state index >= 15 is 0 Å². The molecule has 0 aromatic rings. The second-order valence-corrected chi connectivity index (χ2v) is 17.8. The topological polar surface area (TPSA) is 88.5 Å². The van der Waals surface area contributed by atoms with Crippen LogP contribution in [-0.4, -0.2) is 98.6 Å². The highest BCUT2D eigenvalue weighted by atomic mass is 16.6. The molecule has 0 aromatic heterocycles. The summed E-state index contributed by atoms with van der Waals surface area (Å²) in [4.78, 5) is 30.0. The number of hydrogen-bond donors (Lipinski definition) is 1. The number of hydrogen-bond acceptors (Lipinski definition) is 8. The molecule has 0 aliphatic heterocycles. The molecule has 8 nitrogen and oxygen atoms in total. The third-order valence-electron chi connectivity index (χ3n) is 12.5. The van der Waals surface area contributed by atoms with Crippen LogP contribution in [0.1, 0.15) is 233 Å². The van der Waals surface area contributed by atoms with E-state index in [0.29, 0.717) is 57.8 Å². The minimum atomic E-state index is -0.0689. The standard InChI is InChI=1S/C50H98N2O6/c1-4-7-10-13-16-17-18-21-28-35-49(54)57-42-30-23-29-36-52(48-33-26-22-27-34-48)38-37-51(39-41-53)40-43-56-44-45-58-50(55)46-47(31-24-19-14-11-8-5-2)32-25-20-15-12-9-6-3/h47-48,53H,4-46H2,1-3H3. The zero-order chi connectivity index (χ0) is 42.0. The molecule has 0 aromatic carbocycles. The maximum absolute atomic E-state index is 12.8. The van der Waals surface area contributed by atoms with E-state index in [1.54, 1.807) is 0 Å². The minimum absolute atomic E-state index is 0.0259. The van der Waals surface area contributed by atoms with Crippen molar-refractivity contribution < 1.29 is 28.9 Å². The van der Waals surface area contributed by atoms with Crippen LogP contribution in [0.4, 0.5) is 0 Å². The van der Waals surface area contributed by atoms with Gasteiger partial charge in [-0.1, -0.05) is 168 Å². The Labute approximate surface area is 360 Å². The summed E-state index contributed by atoms with van der Waals surface area (Å²) in [6.07, 6.45) is 39.9. The fraction of sp³-hybridized carbons (Fsp3) is 0.960. The van der Waals surface area contributed by atoms with Gasteiger partial charge in [0, 0.05) is 45.1 Å². The third kappa shape index (κ3) is 34.5. The number of ether oxygens (including phenoxy) is 3. The maximum Gasteiger partial charge on any atom is 0.306 e. The van der Waals surface area contributed by atoms with Gasteiger partial charge < -0.3 is 19.3 Å². The molecule has 1 saturated carbocycles. The van der Waals surface area contributed by atoms with Crippen LogP contribution in [0.5, 0.6) is 0 Å². The SMILES string of the molecule is CCCCCCCCCCCC(=O)OCCCCCN(CCN(CCO)CCOCCOC(=O)CC(CCCCCCCC)CCCCCCCC)C1CCCCC1. The molecule has 0 bridgehead atoms. The Bertz CT molecular complexity index is 868. The summed E-state index contributed by atoms with van der Waals surface area (Å²) in [5.41, 5.74) is 0. The third-order valence-corrected chi connectivity index (χ3v) is 12.5. The van der Waals surface area contributed by atoms with Gasteiger partial charge in [0.25, 0.3) is 0 Å². The van der Waals surface area contributed by atoms with E-state index in [9.17, 15) is 14.7 Å². The molecule has 58 heavy (non-hydrogen) atoms. The van der Waals surface area contributed by atoms with Crippen molar-refractivity contribution in [1.29, 1.82) is 0 Å². The van der Waals surface area contributed by atoms with Crippen molar-refractivity contribution in [3.8, 4) is 0 Å². The largest absolute Gasteiger partial charge is 0.466 e. The van der Waals surface area contributed by atoms with Gasteiger partial charge in [-0.2, -0.15) is 0 Å². The van der Waals surface area contributed by atoms with E-state index < -0.39 is 0 Å². The smallest absolute Gasteiger partial charge is 0.306 e. The normalized spacial score (nSPS) is 13.6. The quantitative estimate of drug-likeness (QED) is 0.0480. The van der Waals surface area contributed by atoms with Crippen molar-refractivity contribution in [3.05, 3.63) is 0 Å². The summed E-state index contributed by atoms with van der Waals surface area (Å²) in [7, 11) is 0. The van der Waals surface area contributed by atoms with Crippen molar-refractivity contribution in [1.82, 2.24) is 9.80 Å². The molecule has 0 atom stereocenters. The van der Waals surface area contributed by atoms with Gasteiger partial charge in [0.1, 0.15) is 6.61 Å². The number of unbranched alkanes of at least 4 members (excludes halogenated alkanes) is 20. The summed E-state index contributed by atoms with van der Waals surface area (Å²) < 4.78 is 17.2. The molecule has 1 N–H and O–H groups in total. The molecular weight excluding hydrogens is 725 g/mol. The lowest BCUT2D eigenvalue weighted by molar-refractivity contribution is -0.146. The second-order valence-electron chi connectivity index (χ2n) is 17.8. The van der Waals surface area contributed by atoms with Crippen molar-refractivity contribution >= 4 is 11.9 Å². The fourth-order valence-electron chi connectivity index (χ4n) is 8.68. The number of aliphatic hydroxyl groups excluding tert-OH is 1. The van der Waals surface area contributed by atoms with Crippen LogP contribution in [0.25, 0.3) is 0 Å². The zero-order valence-corrected chi connectivity index (χ0v) is 38.9. The predicted molar refractivity (Wildman–Crippen MR) is 244 cm³/mol. The first kappa shape index (κ1) is 54.8. The first-order chi connectivity index (χ1) is 28.5. The van der Waals surface area contributed by atoms with Gasteiger partial charge in [0.05, 0.1) is 26.4 Å². The van der Waals surface area contributed by atoms with Crippen LogP contribution in [-0.2, 0) is 23.8 Å². The van der Waals surface area contributed by atoms with Crippen LogP contribution >= 0.6 is 0 Å². The number of carbonyl (C=O) groups excluding carboxylic acids is 2. The van der Waals surface area contributed by atoms with Crippen LogP contribution in [0.3, 0.4) is 0 Å². The Balaban J connectivity index is 2.32. The molecule has 0 radical (unpaired) electrons. The monoisotopic (exact) mass is 823 g/mol. The predicted octanol–water partition coefficient (Wildman–Crippen LogP) is 12.6. The maximum atomic E-state index is 12.8. The van der Waals surface area contributed by atoms with Gasteiger partial charge in [-0.05, 0) is 63.8 Å². The number of carbonyl (C=O) groups is 2. The van der Waals surface area contributed by atoms with Crippen LogP contribution < -0.4 is 0 Å². The van der Waals surface area contributed by atoms with E-state index in [4.69, 9.17) is 14.2 Å². The first-order valence-electron chi connectivity index (χ1n) is 25.5. The molecule has 0 spiro atoms. The minimum Gasteiger partial charge on any atom is -0.466 e. The van der Waals surface area contributed by atoms with E-state index in [-0.39, 0.29) is 18.5 Å². The van der Waals surface area contributed by atoms with Crippen LogP contribution in [0, 0.1) is 5.92 Å². The molecule has 1 aliphatic rings. The van der Waals surface area contributed by atoms with Gasteiger partial charge >= 0.3 is 11.9 Å². The average molecular weight is 823 g/mol. The van der Waals surface area contributed by atoms with Crippen molar-refractivity contribution in [3.63, 3.8) is 0 Å². The van der Waals surface area contributed by atoms with E-state index in [0.717, 1.165) is 71.1 Å².